The molecule has 0 bridgehead atoms. The van der Waals surface area contributed by atoms with Crippen molar-refractivity contribution < 1.29 is 5.11 Å². The Bertz CT molecular complexity index is 435. The van der Waals surface area contributed by atoms with E-state index in [1.165, 1.54) is 0 Å². The molecule has 3 rings (SSSR count). The van der Waals surface area contributed by atoms with Gasteiger partial charge in [0, 0.05) is 18.5 Å². The number of hydrogen-bond donors (Lipinski definition) is 1. The molecule has 1 aromatic heterocycles. The molecule has 19 heavy (non-hydrogen) atoms. The van der Waals surface area contributed by atoms with Crippen molar-refractivity contribution in [1.82, 2.24) is 19.7 Å². The molecule has 1 aromatic rings. The van der Waals surface area contributed by atoms with Crippen molar-refractivity contribution in [1.29, 1.82) is 0 Å². The van der Waals surface area contributed by atoms with Gasteiger partial charge in [-0.05, 0) is 52.6 Å². The summed E-state index contributed by atoms with van der Waals surface area (Å²) in [5.41, 5.74) is 0. The van der Waals surface area contributed by atoms with E-state index in [-0.39, 0.29) is 0 Å². The third kappa shape index (κ3) is 2.41. The molecule has 0 radical (unpaired) electrons. The number of aliphatic hydroxyl groups is 1. The molecule has 106 valence electrons. The van der Waals surface area contributed by atoms with Gasteiger partial charge in [0.2, 0.25) is 0 Å². The largest absolute Gasteiger partial charge is 0.385 e. The Labute approximate surface area is 114 Å². The summed E-state index contributed by atoms with van der Waals surface area (Å²) in [6.07, 6.45) is 3.76. The second kappa shape index (κ2) is 5.21. The van der Waals surface area contributed by atoms with E-state index in [1.807, 2.05) is 0 Å². The lowest BCUT2D eigenvalue weighted by Gasteiger charge is -2.34. The van der Waals surface area contributed by atoms with Gasteiger partial charge in [-0.3, -0.25) is 0 Å². The summed E-state index contributed by atoms with van der Waals surface area (Å²) >= 11 is 0. The number of likely N-dealkylation sites (tertiary alicyclic amines) is 1. The van der Waals surface area contributed by atoms with Crippen LogP contribution in [-0.2, 0) is 6.54 Å². The minimum absolute atomic E-state index is 0.411. The number of nitrogens with zero attached hydrogens (tertiary/aromatic N) is 4. The van der Waals surface area contributed by atoms with E-state index < -0.39 is 6.10 Å². The monoisotopic (exact) mass is 264 g/mol. The summed E-state index contributed by atoms with van der Waals surface area (Å²) in [7, 11) is 0. The van der Waals surface area contributed by atoms with Crippen molar-refractivity contribution in [2.45, 2.75) is 64.1 Å². The SMILES string of the molecule is CC(C)N1CCC(c2nnc3n2CCCC3O)CC1. The predicted molar refractivity (Wildman–Crippen MR) is 72.9 cm³/mol. The fourth-order valence-electron chi connectivity index (χ4n) is 3.35. The van der Waals surface area contributed by atoms with Gasteiger partial charge in [-0.2, -0.15) is 0 Å². The minimum atomic E-state index is -0.411. The minimum Gasteiger partial charge on any atom is -0.385 e. The Balaban J connectivity index is 1.74. The van der Waals surface area contributed by atoms with Crippen LogP contribution in [0.2, 0.25) is 0 Å². The van der Waals surface area contributed by atoms with Crippen molar-refractivity contribution >= 4 is 0 Å². The zero-order chi connectivity index (χ0) is 13.4. The molecule has 0 spiro atoms. The molecule has 1 unspecified atom stereocenters. The number of fused-ring (bicyclic) bond motifs is 1. The van der Waals surface area contributed by atoms with Crippen molar-refractivity contribution in [2.24, 2.45) is 0 Å². The van der Waals surface area contributed by atoms with E-state index in [9.17, 15) is 5.11 Å². The smallest absolute Gasteiger partial charge is 0.161 e. The van der Waals surface area contributed by atoms with Crippen LogP contribution in [0.3, 0.4) is 0 Å². The Morgan fingerprint density at radius 2 is 1.74 bits per heavy atom. The Kier molecular flexibility index (Phi) is 3.58. The summed E-state index contributed by atoms with van der Waals surface area (Å²) in [4.78, 5) is 2.53. The highest BCUT2D eigenvalue weighted by molar-refractivity contribution is 5.07. The first-order valence-corrected chi connectivity index (χ1v) is 7.52. The van der Waals surface area contributed by atoms with Gasteiger partial charge in [0.1, 0.15) is 11.9 Å². The molecule has 0 amide bonds. The lowest BCUT2D eigenvalue weighted by atomic mass is 9.94. The maximum absolute atomic E-state index is 9.96. The first kappa shape index (κ1) is 13.1. The highest BCUT2D eigenvalue weighted by Crippen LogP contribution is 2.32. The molecule has 1 fully saturated rings. The third-order valence-electron chi connectivity index (χ3n) is 4.59. The molecular weight excluding hydrogens is 240 g/mol. The van der Waals surface area contributed by atoms with Gasteiger partial charge < -0.3 is 14.6 Å². The van der Waals surface area contributed by atoms with Gasteiger partial charge in [-0.25, -0.2) is 0 Å². The molecule has 5 heteroatoms. The Hall–Kier alpha value is -0.940. The zero-order valence-electron chi connectivity index (χ0n) is 11.9. The van der Waals surface area contributed by atoms with E-state index in [2.05, 4.69) is 33.5 Å². The molecule has 3 heterocycles. The van der Waals surface area contributed by atoms with Gasteiger partial charge in [0.25, 0.3) is 0 Å². The topological polar surface area (TPSA) is 54.2 Å². The van der Waals surface area contributed by atoms with Crippen LogP contribution >= 0.6 is 0 Å². The van der Waals surface area contributed by atoms with E-state index in [0.717, 1.165) is 57.0 Å². The number of hydrogen-bond acceptors (Lipinski definition) is 4. The second-order valence-electron chi connectivity index (χ2n) is 6.13. The number of aliphatic hydroxyl groups excluding tert-OH is 1. The average molecular weight is 264 g/mol. The lowest BCUT2D eigenvalue weighted by Crippen LogP contribution is -2.38. The summed E-state index contributed by atoms with van der Waals surface area (Å²) in [6.45, 7) is 7.78. The highest BCUT2D eigenvalue weighted by atomic mass is 16.3. The zero-order valence-corrected chi connectivity index (χ0v) is 11.9. The molecule has 0 aromatic carbocycles. The highest BCUT2D eigenvalue weighted by Gasteiger charge is 2.30. The summed E-state index contributed by atoms with van der Waals surface area (Å²) in [5.74, 6) is 2.41. The van der Waals surface area contributed by atoms with Gasteiger partial charge in [0.05, 0.1) is 0 Å². The summed E-state index contributed by atoms with van der Waals surface area (Å²) in [6, 6.07) is 0.634. The van der Waals surface area contributed by atoms with E-state index >= 15 is 0 Å². The van der Waals surface area contributed by atoms with Crippen LogP contribution < -0.4 is 0 Å². The molecule has 5 nitrogen and oxygen atoms in total. The van der Waals surface area contributed by atoms with Crippen molar-refractivity contribution in [2.75, 3.05) is 13.1 Å². The maximum atomic E-state index is 9.96. The quantitative estimate of drug-likeness (QED) is 0.883. The van der Waals surface area contributed by atoms with Crippen LogP contribution in [0.5, 0.6) is 0 Å². The Morgan fingerprint density at radius 1 is 1.05 bits per heavy atom. The number of piperidine rings is 1. The summed E-state index contributed by atoms with van der Waals surface area (Å²) in [5, 5.41) is 18.5. The van der Waals surface area contributed by atoms with E-state index in [0.29, 0.717) is 12.0 Å². The fraction of sp³-hybridized carbons (Fsp3) is 0.857. The first-order valence-electron chi connectivity index (χ1n) is 7.52. The van der Waals surface area contributed by atoms with Gasteiger partial charge >= 0.3 is 0 Å². The van der Waals surface area contributed by atoms with E-state index in [1.54, 1.807) is 0 Å². The third-order valence-corrected chi connectivity index (χ3v) is 4.59. The van der Waals surface area contributed by atoms with Crippen LogP contribution in [0.4, 0.5) is 0 Å². The van der Waals surface area contributed by atoms with Crippen LogP contribution in [0.25, 0.3) is 0 Å². The standard InChI is InChI=1S/C14H24N4O/c1-10(2)17-8-5-11(6-9-17)13-15-16-14-12(19)4-3-7-18(13)14/h10-12,19H,3-9H2,1-2H3. The molecule has 1 atom stereocenters. The molecule has 1 saturated heterocycles. The molecule has 0 aliphatic carbocycles. The fourth-order valence-corrected chi connectivity index (χ4v) is 3.35. The normalized spacial score (nSPS) is 25.8. The molecule has 2 aliphatic rings. The number of aromatic nitrogens is 3. The first-order chi connectivity index (χ1) is 9.16. The average Bonchev–Trinajstić information content (AvgIpc) is 2.84. The maximum Gasteiger partial charge on any atom is 0.161 e. The van der Waals surface area contributed by atoms with Crippen LogP contribution in [0.15, 0.2) is 0 Å². The van der Waals surface area contributed by atoms with Gasteiger partial charge in [0.15, 0.2) is 5.82 Å². The lowest BCUT2D eigenvalue weighted by molar-refractivity contribution is 0.131. The molecule has 1 N–H and O–H groups in total. The Morgan fingerprint density at radius 3 is 2.42 bits per heavy atom. The summed E-state index contributed by atoms with van der Waals surface area (Å²) < 4.78 is 2.17. The second-order valence-corrected chi connectivity index (χ2v) is 6.13. The van der Waals surface area contributed by atoms with Crippen LogP contribution in [0.1, 0.15) is 63.2 Å². The molecule has 2 aliphatic heterocycles. The molecule has 0 saturated carbocycles. The van der Waals surface area contributed by atoms with E-state index in [4.69, 9.17) is 0 Å². The van der Waals surface area contributed by atoms with Crippen molar-refractivity contribution in [3.63, 3.8) is 0 Å². The predicted octanol–water partition coefficient (Wildman–Crippen LogP) is 1.69. The van der Waals surface area contributed by atoms with Gasteiger partial charge in [-0.1, -0.05) is 0 Å². The van der Waals surface area contributed by atoms with Crippen LogP contribution in [0, 0.1) is 0 Å². The van der Waals surface area contributed by atoms with Gasteiger partial charge in [-0.15, -0.1) is 10.2 Å². The van der Waals surface area contributed by atoms with Crippen molar-refractivity contribution in [3.05, 3.63) is 11.6 Å². The number of rotatable bonds is 2. The van der Waals surface area contributed by atoms with Crippen molar-refractivity contribution in [3.8, 4) is 0 Å². The molecular formula is C14H24N4O. The van der Waals surface area contributed by atoms with Crippen LogP contribution in [-0.4, -0.2) is 43.9 Å².